The Bertz CT molecular complexity index is 643. The van der Waals surface area contributed by atoms with E-state index < -0.39 is 6.10 Å². The highest BCUT2D eigenvalue weighted by Gasteiger charge is 2.10. The van der Waals surface area contributed by atoms with Gasteiger partial charge in [-0.1, -0.05) is 24.3 Å². The minimum absolute atomic E-state index is 0.0679. The number of amides is 1. The van der Waals surface area contributed by atoms with Gasteiger partial charge in [0.05, 0.1) is 6.10 Å². The maximum Gasteiger partial charge on any atom is 0.258 e. The molecule has 0 bridgehead atoms. The lowest BCUT2D eigenvalue weighted by molar-refractivity contribution is -0.123. The van der Waals surface area contributed by atoms with Crippen LogP contribution < -0.4 is 10.1 Å². The number of carbonyl (C=O) groups excluding carboxylic acids is 1. The second-order valence-corrected chi connectivity index (χ2v) is 6.08. The van der Waals surface area contributed by atoms with Crippen LogP contribution in [0.1, 0.15) is 17.2 Å². The topological polar surface area (TPSA) is 58.6 Å². The third-order valence-electron chi connectivity index (χ3n) is 3.35. The number of rotatable bonds is 7. The highest BCUT2D eigenvalue weighted by Crippen LogP contribution is 2.18. The van der Waals surface area contributed by atoms with Crippen LogP contribution in [0.25, 0.3) is 0 Å². The van der Waals surface area contributed by atoms with Gasteiger partial charge in [-0.05, 0) is 48.6 Å². The Hall–Kier alpha value is -1.98. The molecule has 5 heteroatoms. The van der Waals surface area contributed by atoms with Crippen LogP contribution >= 0.6 is 11.8 Å². The SMILES string of the molecule is CSc1ccc(C(O)CNC(=O)COc2cccc(C)c2)cc1. The first-order valence-electron chi connectivity index (χ1n) is 7.36. The van der Waals surface area contributed by atoms with E-state index in [-0.39, 0.29) is 19.1 Å². The molecule has 0 aromatic heterocycles. The van der Waals surface area contributed by atoms with Crippen LogP contribution in [-0.2, 0) is 4.79 Å². The first-order chi connectivity index (χ1) is 11.1. The van der Waals surface area contributed by atoms with E-state index in [0.717, 1.165) is 16.0 Å². The van der Waals surface area contributed by atoms with Crippen LogP contribution in [0.2, 0.25) is 0 Å². The maximum absolute atomic E-state index is 11.8. The number of thioether (sulfide) groups is 1. The van der Waals surface area contributed by atoms with E-state index in [0.29, 0.717) is 5.75 Å². The van der Waals surface area contributed by atoms with Crippen molar-refractivity contribution >= 4 is 17.7 Å². The smallest absolute Gasteiger partial charge is 0.258 e. The van der Waals surface area contributed by atoms with Crippen LogP contribution in [0.3, 0.4) is 0 Å². The van der Waals surface area contributed by atoms with Crippen LogP contribution in [0.15, 0.2) is 53.4 Å². The number of aliphatic hydroxyl groups is 1. The van der Waals surface area contributed by atoms with Gasteiger partial charge in [0.1, 0.15) is 5.75 Å². The Kier molecular flexibility index (Phi) is 6.50. The summed E-state index contributed by atoms with van der Waals surface area (Å²) in [4.78, 5) is 12.9. The first-order valence-corrected chi connectivity index (χ1v) is 8.59. The lowest BCUT2D eigenvalue weighted by Gasteiger charge is -2.13. The van der Waals surface area contributed by atoms with E-state index in [1.807, 2.05) is 61.7 Å². The number of hydrogen-bond acceptors (Lipinski definition) is 4. The van der Waals surface area contributed by atoms with Crippen molar-refractivity contribution in [2.45, 2.75) is 17.9 Å². The monoisotopic (exact) mass is 331 g/mol. The fourth-order valence-corrected chi connectivity index (χ4v) is 2.47. The minimum atomic E-state index is -0.728. The van der Waals surface area contributed by atoms with Crippen LogP contribution in [0.4, 0.5) is 0 Å². The molecule has 2 aromatic rings. The quantitative estimate of drug-likeness (QED) is 0.766. The summed E-state index contributed by atoms with van der Waals surface area (Å²) in [5.74, 6) is 0.402. The number of hydrogen-bond donors (Lipinski definition) is 2. The van der Waals surface area contributed by atoms with Crippen molar-refractivity contribution in [3.05, 3.63) is 59.7 Å². The number of carbonyl (C=O) groups is 1. The Morgan fingerprint density at radius 3 is 2.65 bits per heavy atom. The maximum atomic E-state index is 11.8. The van der Waals surface area contributed by atoms with Gasteiger partial charge >= 0.3 is 0 Å². The Labute approximate surface area is 140 Å². The van der Waals surface area contributed by atoms with Crippen LogP contribution in [0.5, 0.6) is 5.75 Å². The van der Waals surface area contributed by atoms with Crippen LogP contribution in [0, 0.1) is 6.92 Å². The van der Waals surface area contributed by atoms with Gasteiger partial charge in [0.25, 0.3) is 5.91 Å². The fourth-order valence-electron chi connectivity index (χ4n) is 2.06. The summed E-state index contributed by atoms with van der Waals surface area (Å²) in [5.41, 5.74) is 1.86. The molecule has 4 nitrogen and oxygen atoms in total. The molecule has 0 saturated carbocycles. The van der Waals surface area contributed by atoms with E-state index in [1.165, 1.54) is 0 Å². The van der Waals surface area contributed by atoms with Gasteiger partial charge in [0.15, 0.2) is 6.61 Å². The predicted octanol–water partition coefficient (Wildman–Crippen LogP) is 2.95. The average Bonchev–Trinajstić information content (AvgIpc) is 2.58. The largest absolute Gasteiger partial charge is 0.484 e. The molecule has 0 heterocycles. The molecular formula is C18H21NO3S. The zero-order valence-corrected chi connectivity index (χ0v) is 14.1. The van der Waals surface area contributed by atoms with E-state index in [1.54, 1.807) is 11.8 Å². The summed E-state index contributed by atoms with van der Waals surface area (Å²) >= 11 is 1.65. The molecule has 0 aliphatic carbocycles. The van der Waals surface area contributed by atoms with Crippen molar-refractivity contribution in [2.75, 3.05) is 19.4 Å². The molecular weight excluding hydrogens is 310 g/mol. The Morgan fingerprint density at radius 2 is 2.00 bits per heavy atom. The van der Waals surface area contributed by atoms with Gasteiger partial charge < -0.3 is 15.2 Å². The third kappa shape index (κ3) is 5.62. The standard InChI is InChI=1S/C18H21NO3S/c1-13-4-3-5-15(10-13)22-12-18(21)19-11-17(20)14-6-8-16(23-2)9-7-14/h3-10,17,20H,11-12H2,1-2H3,(H,19,21). The van der Waals surface area contributed by atoms with E-state index in [2.05, 4.69) is 5.32 Å². The second kappa shape index (κ2) is 8.60. The molecule has 1 unspecified atom stereocenters. The summed E-state index contributed by atoms with van der Waals surface area (Å²) in [6.07, 6.45) is 1.27. The van der Waals surface area contributed by atoms with E-state index >= 15 is 0 Å². The number of nitrogens with one attached hydrogen (secondary N) is 1. The van der Waals surface area contributed by atoms with Crippen molar-refractivity contribution < 1.29 is 14.6 Å². The summed E-state index contributed by atoms with van der Waals surface area (Å²) < 4.78 is 5.42. The molecule has 0 aliphatic rings. The number of aliphatic hydroxyl groups excluding tert-OH is 1. The molecule has 1 atom stereocenters. The Balaban J connectivity index is 1.76. The third-order valence-corrected chi connectivity index (χ3v) is 4.10. The second-order valence-electron chi connectivity index (χ2n) is 5.20. The lowest BCUT2D eigenvalue weighted by Crippen LogP contribution is -2.32. The molecule has 0 spiro atoms. The van der Waals surface area contributed by atoms with Crippen molar-refractivity contribution in [1.29, 1.82) is 0 Å². The highest BCUT2D eigenvalue weighted by molar-refractivity contribution is 7.98. The molecule has 2 N–H and O–H groups in total. The molecule has 0 radical (unpaired) electrons. The summed E-state index contributed by atoms with van der Waals surface area (Å²) in [6, 6.07) is 15.2. The van der Waals surface area contributed by atoms with Gasteiger partial charge in [0.2, 0.25) is 0 Å². The van der Waals surface area contributed by atoms with Crippen molar-refractivity contribution in [3.63, 3.8) is 0 Å². The summed E-state index contributed by atoms with van der Waals surface area (Å²) in [5, 5.41) is 12.8. The van der Waals surface area contributed by atoms with Gasteiger partial charge in [-0.2, -0.15) is 0 Å². The zero-order valence-electron chi connectivity index (χ0n) is 13.3. The average molecular weight is 331 g/mol. The zero-order chi connectivity index (χ0) is 16.7. The Morgan fingerprint density at radius 1 is 1.26 bits per heavy atom. The molecule has 2 aromatic carbocycles. The molecule has 0 fully saturated rings. The summed E-state index contributed by atoms with van der Waals surface area (Å²) in [7, 11) is 0. The van der Waals surface area contributed by atoms with Crippen LogP contribution in [-0.4, -0.2) is 30.4 Å². The van der Waals surface area contributed by atoms with Gasteiger partial charge in [-0.15, -0.1) is 11.8 Å². The fraction of sp³-hybridized carbons (Fsp3) is 0.278. The lowest BCUT2D eigenvalue weighted by atomic mass is 10.1. The van der Waals surface area contributed by atoms with Gasteiger partial charge in [0, 0.05) is 11.4 Å². The molecule has 1 amide bonds. The number of ether oxygens (including phenoxy) is 1. The minimum Gasteiger partial charge on any atom is -0.484 e. The summed E-state index contributed by atoms with van der Waals surface area (Å²) in [6.45, 7) is 2.06. The van der Waals surface area contributed by atoms with E-state index in [4.69, 9.17) is 4.74 Å². The number of aryl methyl sites for hydroxylation is 1. The van der Waals surface area contributed by atoms with Crippen molar-refractivity contribution in [2.24, 2.45) is 0 Å². The highest BCUT2D eigenvalue weighted by atomic mass is 32.2. The predicted molar refractivity (Wildman–Crippen MR) is 92.9 cm³/mol. The van der Waals surface area contributed by atoms with Crippen molar-refractivity contribution in [1.82, 2.24) is 5.32 Å². The molecule has 2 rings (SSSR count). The van der Waals surface area contributed by atoms with Gasteiger partial charge in [-0.3, -0.25) is 4.79 Å². The van der Waals surface area contributed by atoms with Gasteiger partial charge in [-0.25, -0.2) is 0 Å². The van der Waals surface area contributed by atoms with E-state index in [9.17, 15) is 9.90 Å². The molecule has 122 valence electrons. The molecule has 23 heavy (non-hydrogen) atoms. The first kappa shape index (κ1) is 17.4. The normalized spacial score (nSPS) is 11.8. The number of benzene rings is 2. The molecule has 0 aliphatic heterocycles. The van der Waals surface area contributed by atoms with Crippen molar-refractivity contribution in [3.8, 4) is 5.75 Å². The molecule has 0 saturated heterocycles.